The summed E-state index contributed by atoms with van der Waals surface area (Å²) in [5.41, 5.74) is 2.40. The zero-order valence-electron chi connectivity index (χ0n) is 10.3. The average Bonchev–Trinajstić information content (AvgIpc) is 2.99. The maximum absolute atomic E-state index is 4.68. The van der Waals surface area contributed by atoms with Crippen LogP contribution in [-0.4, -0.2) is 22.9 Å². The Morgan fingerprint density at radius 2 is 2.44 bits per heavy atom. The molecule has 96 valence electrons. The molecule has 1 fully saturated rings. The molecule has 0 aromatic carbocycles. The summed E-state index contributed by atoms with van der Waals surface area (Å²) in [6, 6.07) is 4.20. The lowest BCUT2D eigenvalue weighted by Crippen LogP contribution is -2.29. The van der Waals surface area contributed by atoms with E-state index in [1.807, 2.05) is 11.7 Å². The molecular formula is C13H16BrN3S. The fourth-order valence-corrected chi connectivity index (χ4v) is 4.33. The van der Waals surface area contributed by atoms with Gasteiger partial charge in [-0.25, -0.2) is 0 Å². The third kappa shape index (κ3) is 2.15. The van der Waals surface area contributed by atoms with Gasteiger partial charge in [-0.3, -0.25) is 4.68 Å². The van der Waals surface area contributed by atoms with E-state index in [2.05, 4.69) is 43.9 Å². The zero-order valence-corrected chi connectivity index (χ0v) is 12.7. The number of nitrogens with one attached hydrogen (secondary N) is 1. The molecule has 1 aliphatic rings. The van der Waals surface area contributed by atoms with Crippen molar-refractivity contribution in [3.05, 3.63) is 27.7 Å². The van der Waals surface area contributed by atoms with Crippen molar-refractivity contribution < 1.29 is 0 Å². The normalized spacial score (nSPS) is 20.2. The molecule has 18 heavy (non-hydrogen) atoms. The Labute approximate surface area is 119 Å². The fraction of sp³-hybridized carbons (Fsp3) is 0.462. The molecule has 1 atom stereocenters. The first-order valence-electron chi connectivity index (χ1n) is 6.24. The van der Waals surface area contributed by atoms with E-state index in [1.165, 1.54) is 27.9 Å². The van der Waals surface area contributed by atoms with Gasteiger partial charge in [-0.1, -0.05) is 6.07 Å². The maximum Gasteiger partial charge on any atom is 0.117 e. The van der Waals surface area contributed by atoms with Gasteiger partial charge in [-0.05, 0) is 46.8 Å². The quantitative estimate of drug-likeness (QED) is 0.917. The topological polar surface area (TPSA) is 29.9 Å². The van der Waals surface area contributed by atoms with Crippen LogP contribution in [0.2, 0.25) is 0 Å². The van der Waals surface area contributed by atoms with Crippen LogP contribution in [0.4, 0.5) is 0 Å². The van der Waals surface area contributed by atoms with Gasteiger partial charge in [-0.15, -0.1) is 11.3 Å². The number of thiophene rings is 1. The molecule has 1 N–H and O–H groups in total. The summed E-state index contributed by atoms with van der Waals surface area (Å²) in [6.07, 6.45) is 2.49. The molecule has 0 saturated carbocycles. The van der Waals surface area contributed by atoms with Crippen LogP contribution in [0.5, 0.6) is 0 Å². The predicted molar refractivity (Wildman–Crippen MR) is 79.1 cm³/mol. The lowest BCUT2D eigenvalue weighted by atomic mass is 9.96. The summed E-state index contributed by atoms with van der Waals surface area (Å²) in [4.78, 5) is 1.23. The lowest BCUT2D eigenvalue weighted by Gasteiger charge is -2.23. The fourth-order valence-electron chi connectivity index (χ4n) is 2.61. The van der Waals surface area contributed by atoms with Crippen molar-refractivity contribution in [3.8, 4) is 10.6 Å². The molecule has 5 heteroatoms. The molecule has 0 amide bonds. The molecule has 0 radical (unpaired) electrons. The SMILES string of the molecule is Cn1nc(-c2cccs2)c(Br)c1C1CCCNC1. The molecule has 0 bridgehead atoms. The van der Waals surface area contributed by atoms with E-state index in [0.29, 0.717) is 5.92 Å². The average molecular weight is 326 g/mol. The monoisotopic (exact) mass is 325 g/mol. The second-order valence-electron chi connectivity index (χ2n) is 4.69. The van der Waals surface area contributed by atoms with E-state index in [9.17, 15) is 0 Å². The number of halogens is 1. The van der Waals surface area contributed by atoms with E-state index < -0.39 is 0 Å². The van der Waals surface area contributed by atoms with Gasteiger partial charge >= 0.3 is 0 Å². The smallest absolute Gasteiger partial charge is 0.117 e. The van der Waals surface area contributed by atoms with Gasteiger partial charge in [0.1, 0.15) is 5.69 Å². The van der Waals surface area contributed by atoms with Crippen LogP contribution >= 0.6 is 27.3 Å². The summed E-state index contributed by atoms with van der Waals surface area (Å²) < 4.78 is 3.21. The third-order valence-corrected chi connectivity index (χ3v) is 5.13. The largest absolute Gasteiger partial charge is 0.316 e. The number of hydrogen-bond donors (Lipinski definition) is 1. The second kappa shape index (κ2) is 5.15. The molecule has 3 nitrogen and oxygen atoms in total. The van der Waals surface area contributed by atoms with E-state index in [-0.39, 0.29) is 0 Å². The highest BCUT2D eigenvalue weighted by Gasteiger charge is 2.24. The minimum Gasteiger partial charge on any atom is -0.316 e. The first kappa shape index (κ1) is 12.4. The van der Waals surface area contributed by atoms with Gasteiger partial charge in [0.15, 0.2) is 0 Å². The molecular weight excluding hydrogens is 310 g/mol. The number of aryl methyl sites for hydroxylation is 1. The molecule has 0 aliphatic carbocycles. The molecule has 0 spiro atoms. The molecule has 2 aromatic heterocycles. The number of piperidine rings is 1. The van der Waals surface area contributed by atoms with Crippen molar-refractivity contribution in [2.75, 3.05) is 13.1 Å². The van der Waals surface area contributed by atoms with Crippen LogP contribution in [0.3, 0.4) is 0 Å². The number of aromatic nitrogens is 2. The maximum atomic E-state index is 4.68. The number of rotatable bonds is 2. The van der Waals surface area contributed by atoms with Crippen LogP contribution in [-0.2, 0) is 7.05 Å². The number of hydrogen-bond acceptors (Lipinski definition) is 3. The van der Waals surface area contributed by atoms with Gasteiger partial charge in [0.2, 0.25) is 0 Å². The highest BCUT2D eigenvalue weighted by atomic mass is 79.9. The van der Waals surface area contributed by atoms with Crippen molar-refractivity contribution in [1.29, 1.82) is 0 Å². The van der Waals surface area contributed by atoms with Gasteiger partial charge in [0.25, 0.3) is 0 Å². The highest BCUT2D eigenvalue weighted by Crippen LogP contribution is 2.37. The Bertz CT molecular complexity index is 527. The first-order valence-corrected chi connectivity index (χ1v) is 7.91. The van der Waals surface area contributed by atoms with Gasteiger partial charge < -0.3 is 5.32 Å². The van der Waals surface area contributed by atoms with E-state index in [1.54, 1.807) is 11.3 Å². The molecule has 3 rings (SSSR count). The lowest BCUT2D eigenvalue weighted by molar-refractivity contribution is 0.440. The Morgan fingerprint density at radius 3 is 3.11 bits per heavy atom. The standard InChI is InChI=1S/C13H16BrN3S/c1-17-13(9-4-2-6-15-8-9)11(14)12(16-17)10-5-3-7-18-10/h3,5,7,9,15H,2,4,6,8H2,1H3. The Hall–Kier alpha value is -0.650. The summed E-state index contributed by atoms with van der Waals surface area (Å²) in [5.74, 6) is 0.569. The molecule has 1 aliphatic heterocycles. The Kier molecular flexibility index (Phi) is 3.54. The predicted octanol–water partition coefficient (Wildman–Crippen LogP) is 3.38. The molecule has 1 unspecified atom stereocenters. The summed E-state index contributed by atoms with van der Waals surface area (Å²) in [6.45, 7) is 2.20. The molecule has 2 aromatic rings. The molecule has 1 saturated heterocycles. The van der Waals surface area contributed by atoms with E-state index >= 15 is 0 Å². The minimum absolute atomic E-state index is 0.569. The van der Waals surface area contributed by atoms with Crippen molar-refractivity contribution in [2.45, 2.75) is 18.8 Å². The van der Waals surface area contributed by atoms with Crippen LogP contribution < -0.4 is 5.32 Å². The van der Waals surface area contributed by atoms with Crippen molar-refractivity contribution in [3.63, 3.8) is 0 Å². The van der Waals surface area contributed by atoms with Gasteiger partial charge in [-0.2, -0.15) is 5.10 Å². The second-order valence-corrected chi connectivity index (χ2v) is 6.43. The Balaban J connectivity index is 2.00. The van der Waals surface area contributed by atoms with Crippen molar-refractivity contribution in [2.24, 2.45) is 7.05 Å². The first-order chi connectivity index (χ1) is 8.77. The minimum atomic E-state index is 0.569. The van der Waals surface area contributed by atoms with Crippen molar-refractivity contribution >= 4 is 27.3 Å². The van der Waals surface area contributed by atoms with Crippen LogP contribution in [0.25, 0.3) is 10.6 Å². The van der Waals surface area contributed by atoms with Crippen LogP contribution in [0, 0.1) is 0 Å². The highest BCUT2D eigenvalue weighted by molar-refractivity contribution is 9.10. The third-order valence-electron chi connectivity index (χ3n) is 3.47. The van der Waals surface area contributed by atoms with Gasteiger partial charge in [0.05, 0.1) is 15.0 Å². The Morgan fingerprint density at radius 1 is 1.56 bits per heavy atom. The van der Waals surface area contributed by atoms with Crippen LogP contribution in [0.1, 0.15) is 24.5 Å². The summed E-state index contributed by atoms with van der Waals surface area (Å²) in [5, 5.41) is 10.2. The summed E-state index contributed by atoms with van der Waals surface area (Å²) in [7, 11) is 2.05. The van der Waals surface area contributed by atoms with Crippen molar-refractivity contribution in [1.82, 2.24) is 15.1 Å². The summed E-state index contributed by atoms with van der Waals surface area (Å²) >= 11 is 5.49. The van der Waals surface area contributed by atoms with Gasteiger partial charge in [0, 0.05) is 19.5 Å². The number of nitrogens with zero attached hydrogens (tertiary/aromatic N) is 2. The zero-order chi connectivity index (χ0) is 12.5. The molecule has 3 heterocycles. The van der Waals surface area contributed by atoms with Crippen LogP contribution in [0.15, 0.2) is 22.0 Å². The van der Waals surface area contributed by atoms with E-state index in [0.717, 1.165) is 18.8 Å². The van der Waals surface area contributed by atoms with E-state index in [4.69, 9.17) is 0 Å².